The summed E-state index contributed by atoms with van der Waals surface area (Å²) in [6, 6.07) is 1.93. The molecule has 0 bridgehead atoms. The standard InChI is InChI=1S/C16H24N4O/c1-6-20-15(7-11(3)19-20)13(17)8-14-12(4)16(21-5)10(2)9-18-14/h7,9,13H,6,8,17H2,1-5H3. The number of pyridine rings is 1. The Morgan fingerprint density at radius 1 is 1.33 bits per heavy atom. The molecule has 0 saturated heterocycles. The lowest BCUT2D eigenvalue weighted by Crippen LogP contribution is -2.19. The third kappa shape index (κ3) is 3.08. The number of hydrogen-bond acceptors (Lipinski definition) is 4. The molecule has 21 heavy (non-hydrogen) atoms. The van der Waals surface area contributed by atoms with E-state index in [4.69, 9.17) is 10.5 Å². The molecule has 0 aromatic carbocycles. The molecule has 0 aliphatic rings. The smallest absolute Gasteiger partial charge is 0.128 e. The number of aryl methyl sites for hydroxylation is 3. The van der Waals surface area contributed by atoms with Crippen molar-refractivity contribution < 1.29 is 4.74 Å². The van der Waals surface area contributed by atoms with Gasteiger partial charge in [0.15, 0.2) is 0 Å². The van der Waals surface area contributed by atoms with E-state index >= 15 is 0 Å². The number of ether oxygens (including phenoxy) is 1. The van der Waals surface area contributed by atoms with Crippen LogP contribution in [0.4, 0.5) is 0 Å². The van der Waals surface area contributed by atoms with Crippen molar-refractivity contribution in [3.63, 3.8) is 0 Å². The Bertz CT molecular complexity index is 633. The molecule has 2 heterocycles. The zero-order chi connectivity index (χ0) is 15.6. The van der Waals surface area contributed by atoms with Crippen LogP contribution in [0.1, 0.15) is 41.2 Å². The molecular weight excluding hydrogens is 264 g/mol. The van der Waals surface area contributed by atoms with Crippen LogP contribution in [0.2, 0.25) is 0 Å². The van der Waals surface area contributed by atoms with Crippen LogP contribution in [0.25, 0.3) is 0 Å². The van der Waals surface area contributed by atoms with E-state index in [1.807, 2.05) is 31.6 Å². The summed E-state index contributed by atoms with van der Waals surface area (Å²) in [5, 5.41) is 4.45. The minimum Gasteiger partial charge on any atom is -0.496 e. The molecule has 1 atom stereocenters. The summed E-state index contributed by atoms with van der Waals surface area (Å²) in [6.45, 7) is 8.91. The lowest BCUT2D eigenvalue weighted by molar-refractivity contribution is 0.406. The highest BCUT2D eigenvalue weighted by Gasteiger charge is 2.17. The van der Waals surface area contributed by atoms with Crippen LogP contribution in [-0.2, 0) is 13.0 Å². The van der Waals surface area contributed by atoms with Gasteiger partial charge in [-0.05, 0) is 33.8 Å². The monoisotopic (exact) mass is 288 g/mol. The Morgan fingerprint density at radius 3 is 2.67 bits per heavy atom. The van der Waals surface area contributed by atoms with Gasteiger partial charge in [-0.3, -0.25) is 9.67 Å². The van der Waals surface area contributed by atoms with Crippen molar-refractivity contribution in [1.29, 1.82) is 0 Å². The number of methoxy groups -OCH3 is 1. The molecule has 2 rings (SSSR count). The number of nitrogens with zero attached hydrogens (tertiary/aromatic N) is 3. The van der Waals surface area contributed by atoms with Crippen molar-refractivity contribution in [3.8, 4) is 5.75 Å². The van der Waals surface area contributed by atoms with Gasteiger partial charge in [0, 0.05) is 36.0 Å². The molecule has 0 saturated carbocycles. The maximum Gasteiger partial charge on any atom is 0.128 e. The van der Waals surface area contributed by atoms with Gasteiger partial charge in [0.05, 0.1) is 24.5 Å². The van der Waals surface area contributed by atoms with Crippen LogP contribution >= 0.6 is 0 Å². The molecule has 2 aromatic rings. The summed E-state index contributed by atoms with van der Waals surface area (Å²) in [6.07, 6.45) is 2.52. The van der Waals surface area contributed by atoms with Gasteiger partial charge >= 0.3 is 0 Å². The van der Waals surface area contributed by atoms with Gasteiger partial charge in [0.25, 0.3) is 0 Å². The zero-order valence-corrected chi connectivity index (χ0v) is 13.5. The third-order valence-electron chi connectivity index (χ3n) is 3.78. The highest BCUT2D eigenvalue weighted by Crippen LogP contribution is 2.26. The van der Waals surface area contributed by atoms with Gasteiger partial charge in [0.1, 0.15) is 5.75 Å². The molecule has 0 amide bonds. The first-order valence-corrected chi connectivity index (χ1v) is 7.26. The van der Waals surface area contributed by atoms with Crippen LogP contribution in [0, 0.1) is 20.8 Å². The Balaban J connectivity index is 2.29. The molecule has 0 spiro atoms. The molecule has 0 aliphatic carbocycles. The average Bonchev–Trinajstić information content (AvgIpc) is 2.84. The molecular formula is C16H24N4O. The predicted octanol–water partition coefficient (Wildman–Crippen LogP) is 2.47. The number of nitrogens with two attached hydrogens (primary N) is 1. The first kappa shape index (κ1) is 15.5. The van der Waals surface area contributed by atoms with E-state index in [2.05, 4.69) is 23.1 Å². The second kappa shape index (κ2) is 6.26. The van der Waals surface area contributed by atoms with Crippen molar-refractivity contribution in [1.82, 2.24) is 14.8 Å². The van der Waals surface area contributed by atoms with E-state index < -0.39 is 0 Å². The topological polar surface area (TPSA) is 66.0 Å². The quantitative estimate of drug-likeness (QED) is 0.918. The summed E-state index contributed by atoms with van der Waals surface area (Å²) in [5.74, 6) is 0.896. The average molecular weight is 288 g/mol. The van der Waals surface area contributed by atoms with Crippen molar-refractivity contribution in [2.24, 2.45) is 5.73 Å². The van der Waals surface area contributed by atoms with E-state index in [-0.39, 0.29) is 6.04 Å². The van der Waals surface area contributed by atoms with E-state index in [1.165, 1.54) is 0 Å². The normalized spacial score (nSPS) is 12.5. The summed E-state index contributed by atoms with van der Waals surface area (Å²) < 4.78 is 7.41. The maximum absolute atomic E-state index is 6.37. The Hall–Kier alpha value is -1.88. The number of aromatic nitrogens is 3. The molecule has 2 N–H and O–H groups in total. The number of hydrogen-bond donors (Lipinski definition) is 1. The summed E-state index contributed by atoms with van der Waals surface area (Å²) in [5.41, 5.74) is 11.5. The summed E-state index contributed by atoms with van der Waals surface area (Å²) >= 11 is 0. The van der Waals surface area contributed by atoms with E-state index in [9.17, 15) is 0 Å². The van der Waals surface area contributed by atoms with Crippen LogP contribution < -0.4 is 10.5 Å². The molecule has 114 valence electrons. The third-order valence-corrected chi connectivity index (χ3v) is 3.78. The van der Waals surface area contributed by atoms with Gasteiger partial charge in [-0.2, -0.15) is 5.10 Å². The zero-order valence-electron chi connectivity index (χ0n) is 13.5. The van der Waals surface area contributed by atoms with Crippen molar-refractivity contribution in [3.05, 3.63) is 40.5 Å². The van der Waals surface area contributed by atoms with Crippen molar-refractivity contribution in [2.45, 2.75) is 46.7 Å². The predicted molar refractivity (Wildman–Crippen MR) is 83.5 cm³/mol. The molecule has 2 aromatic heterocycles. The summed E-state index contributed by atoms with van der Waals surface area (Å²) in [4.78, 5) is 4.52. The van der Waals surface area contributed by atoms with Gasteiger partial charge in [-0.15, -0.1) is 0 Å². The van der Waals surface area contributed by atoms with Crippen LogP contribution in [-0.4, -0.2) is 21.9 Å². The Labute approximate surface area is 126 Å². The number of rotatable bonds is 5. The van der Waals surface area contributed by atoms with Crippen LogP contribution in [0.15, 0.2) is 12.3 Å². The van der Waals surface area contributed by atoms with Gasteiger partial charge < -0.3 is 10.5 Å². The molecule has 5 nitrogen and oxygen atoms in total. The molecule has 0 aliphatic heterocycles. The highest BCUT2D eigenvalue weighted by atomic mass is 16.5. The van der Waals surface area contributed by atoms with Crippen LogP contribution in [0.5, 0.6) is 5.75 Å². The molecule has 5 heteroatoms. The van der Waals surface area contributed by atoms with Crippen molar-refractivity contribution >= 4 is 0 Å². The largest absolute Gasteiger partial charge is 0.496 e. The van der Waals surface area contributed by atoms with E-state index in [0.29, 0.717) is 6.42 Å². The lowest BCUT2D eigenvalue weighted by atomic mass is 10.0. The van der Waals surface area contributed by atoms with Crippen LogP contribution in [0.3, 0.4) is 0 Å². The molecule has 0 radical (unpaired) electrons. The SMILES string of the molecule is CCn1nc(C)cc1C(N)Cc1ncc(C)c(OC)c1C. The second-order valence-corrected chi connectivity index (χ2v) is 5.38. The maximum atomic E-state index is 6.37. The molecule has 0 fully saturated rings. The first-order valence-electron chi connectivity index (χ1n) is 7.26. The second-order valence-electron chi connectivity index (χ2n) is 5.38. The minimum absolute atomic E-state index is 0.121. The highest BCUT2D eigenvalue weighted by molar-refractivity contribution is 5.41. The Kier molecular flexibility index (Phi) is 4.63. The minimum atomic E-state index is -0.121. The van der Waals surface area contributed by atoms with Gasteiger partial charge in [-0.25, -0.2) is 0 Å². The fourth-order valence-corrected chi connectivity index (χ4v) is 2.71. The van der Waals surface area contributed by atoms with Gasteiger partial charge in [-0.1, -0.05) is 0 Å². The van der Waals surface area contributed by atoms with Crippen molar-refractivity contribution in [2.75, 3.05) is 7.11 Å². The van der Waals surface area contributed by atoms with E-state index in [1.54, 1.807) is 7.11 Å². The first-order chi connectivity index (χ1) is 9.97. The van der Waals surface area contributed by atoms with E-state index in [0.717, 1.165) is 40.5 Å². The summed E-state index contributed by atoms with van der Waals surface area (Å²) in [7, 11) is 1.69. The lowest BCUT2D eigenvalue weighted by Gasteiger charge is -2.16. The fraction of sp³-hybridized carbons (Fsp3) is 0.500. The molecule has 1 unspecified atom stereocenters. The van der Waals surface area contributed by atoms with Gasteiger partial charge in [0.2, 0.25) is 0 Å². The Morgan fingerprint density at radius 2 is 2.05 bits per heavy atom. The fourth-order valence-electron chi connectivity index (χ4n) is 2.71.